The Morgan fingerprint density at radius 1 is 0.828 bits per heavy atom. The van der Waals surface area contributed by atoms with Crippen molar-refractivity contribution in [2.24, 2.45) is 0 Å². The smallest absolute Gasteiger partial charge is 0.261 e. The lowest BCUT2D eigenvalue weighted by molar-refractivity contribution is 0.0654. The first-order chi connectivity index (χ1) is 14.1. The molecular formula is C23H17BrN2O3. The van der Waals surface area contributed by atoms with Crippen LogP contribution in [0.2, 0.25) is 0 Å². The Balaban J connectivity index is 1.60. The van der Waals surface area contributed by atoms with Crippen molar-refractivity contribution >= 4 is 39.3 Å². The second-order valence-corrected chi connectivity index (χ2v) is 7.53. The molecule has 4 rings (SSSR count). The van der Waals surface area contributed by atoms with E-state index in [0.29, 0.717) is 22.4 Å². The van der Waals surface area contributed by atoms with Crippen molar-refractivity contribution in [2.45, 2.75) is 0 Å². The third-order valence-electron chi connectivity index (χ3n) is 4.81. The lowest BCUT2D eigenvalue weighted by atomic mass is 10.1. The zero-order chi connectivity index (χ0) is 20.4. The molecule has 3 aromatic rings. The zero-order valence-electron chi connectivity index (χ0n) is 15.4. The lowest BCUT2D eigenvalue weighted by Crippen LogP contribution is -2.41. The maximum Gasteiger partial charge on any atom is 0.261 e. The van der Waals surface area contributed by atoms with Crippen LogP contribution in [0.1, 0.15) is 31.1 Å². The van der Waals surface area contributed by atoms with E-state index in [-0.39, 0.29) is 30.8 Å². The van der Waals surface area contributed by atoms with Gasteiger partial charge in [0.05, 0.1) is 11.1 Å². The van der Waals surface area contributed by atoms with Gasteiger partial charge in [-0.1, -0.05) is 52.3 Å². The molecule has 29 heavy (non-hydrogen) atoms. The molecule has 0 aromatic heterocycles. The maximum atomic E-state index is 13.2. The molecule has 0 fully saturated rings. The topological polar surface area (TPSA) is 57.7 Å². The van der Waals surface area contributed by atoms with Gasteiger partial charge in [0.15, 0.2) is 0 Å². The van der Waals surface area contributed by atoms with E-state index < -0.39 is 0 Å². The van der Waals surface area contributed by atoms with E-state index in [4.69, 9.17) is 0 Å². The van der Waals surface area contributed by atoms with E-state index in [9.17, 15) is 14.4 Å². The van der Waals surface area contributed by atoms with Gasteiger partial charge < -0.3 is 4.90 Å². The highest BCUT2D eigenvalue weighted by molar-refractivity contribution is 9.10. The largest absolute Gasteiger partial charge is 0.307 e. The average Bonchev–Trinajstić information content (AvgIpc) is 2.99. The summed E-state index contributed by atoms with van der Waals surface area (Å²) >= 11 is 3.39. The minimum absolute atomic E-state index is 0.112. The number of carbonyl (C=O) groups is 3. The molecule has 0 aliphatic carbocycles. The quantitative estimate of drug-likeness (QED) is 0.543. The average molecular weight is 449 g/mol. The molecule has 5 nitrogen and oxygen atoms in total. The molecule has 1 aliphatic heterocycles. The number of fused-ring (bicyclic) bond motifs is 1. The van der Waals surface area contributed by atoms with E-state index in [1.54, 1.807) is 47.4 Å². The Kier molecular flexibility index (Phi) is 5.27. The summed E-state index contributed by atoms with van der Waals surface area (Å²) in [6.45, 7) is 0.307. The number of para-hydroxylation sites is 1. The standard InChI is InChI=1S/C23H17BrN2O3/c24-17-8-6-7-16(15-17)21(27)25(18-9-2-1-3-10-18)13-14-26-22(28)19-11-4-5-12-20(19)23(26)29/h1-12,15H,13-14H2. The Bertz CT molecular complexity index is 1060. The molecule has 0 spiro atoms. The molecule has 0 atom stereocenters. The Hall–Kier alpha value is -3.25. The Morgan fingerprint density at radius 3 is 2.07 bits per heavy atom. The Morgan fingerprint density at radius 2 is 1.45 bits per heavy atom. The first-order valence-electron chi connectivity index (χ1n) is 9.14. The van der Waals surface area contributed by atoms with Gasteiger partial charge in [0.2, 0.25) is 0 Å². The van der Waals surface area contributed by atoms with Gasteiger partial charge in [-0.25, -0.2) is 0 Å². The number of benzene rings is 3. The van der Waals surface area contributed by atoms with Crippen LogP contribution < -0.4 is 4.90 Å². The third kappa shape index (κ3) is 3.71. The van der Waals surface area contributed by atoms with Crippen molar-refractivity contribution in [3.8, 4) is 0 Å². The van der Waals surface area contributed by atoms with E-state index in [1.165, 1.54) is 4.90 Å². The van der Waals surface area contributed by atoms with Crippen LogP contribution in [0.5, 0.6) is 0 Å². The van der Waals surface area contributed by atoms with Crippen molar-refractivity contribution in [3.63, 3.8) is 0 Å². The van der Waals surface area contributed by atoms with E-state index >= 15 is 0 Å². The van der Waals surface area contributed by atoms with Crippen LogP contribution >= 0.6 is 15.9 Å². The van der Waals surface area contributed by atoms with Gasteiger partial charge in [0.1, 0.15) is 0 Å². The summed E-state index contributed by atoms with van der Waals surface area (Å²) < 4.78 is 0.803. The van der Waals surface area contributed by atoms with Crippen molar-refractivity contribution < 1.29 is 14.4 Å². The number of imide groups is 1. The first-order valence-corrected chi connectivity index (χ1v) is 9.93. The molecule has 0 radical (unpaired) electrons. The molecule has 0 unspecified atom stereocenters. The normalized spacial score (nSPS) is 12.8. The minimum atomic E-state index is -0.325. The molecule has 1 aliphatic rings. The summed E-state index contributed by atoms with van der Waals surface area (Å²) in [6.07, 6.45) is 0. The molecular weight excluding hydrogens is 432 g/mol. The number of rotatable bonds is 5. The highest BCUT2D eigenvalue weighted by atomic mass is 79.9. The molecule has 6 heteroatoms. The molecule has 0 bridgehead atoms. The van der Waals surface area contributed by atoms with Crippen LogP contribution in [0.25, 0.3) is 0 Å². The van der Waals surface area contributed by atoms with Crippen LogP contribution in [0.15, 0.2) is 83.3 Å². The van der Waals surface area contributed by atoms with Crippen molar-refractivity contribution in [3.05, 3.63) is 100 Å². The van der Waals surface area contributed by atoms with Crippen LogP contribution in [-0.4, -0.2) is 35.7 Å². The number of carbonyl (C=O) groups excluding carboxylic acids is 3. The Labute approximate surface area is 176 Å². The summed E-state index contributed by atoms with van der Waals surface area (Å²) in [6, 6.07) is 23.1. The molecule has 1 heterocycles. The molecule has 0 saturated heterocycles. The van der Waals surface area contributed by atoms with Gasteiger partial charge in [-0.2, -0.15) is 0 Å². The number of hydrogen-bond donors (Lipinski definition) is 0. The number of anilines is 1. The summed E-state index contributed by atoms with van der Waals surface area (Å²) in [5.74, 6) is -0.851. The first kappa shape index (κ1) is 19.1. The third-order valence-corrected chi connectivity index (χ3v) is 5.30. The molecule has 0 saturated carbocycles. The van der Waals surface area contributed by atoms with Gasteiger partial charge in [-0.05, 0) is 42.5 Å². The predicted molar refractivity (Wildman–Crippen MR) is 114 cm³/mol. The fourth-order valence-corrected chi connectivity index (χ4v) is 3.77. The second kappa shape index (κ2) is 8.01. The number of amides is 3. The van der Waals surface area contributed by atoms with Crippen molar-refractivity contribution in [2.75, 3.05) is 18.0 Å². The fraction of sp³-hybridized carbons (Fsp3) is 0.0870. The van der Waals surface area contributed by atoms with Crippen LogP contribution in [0.3, 0.4) is 0 Å². The minimum Gasteiger partial charge on any atom is -0.307 e. The van der Waals surface area contributed by atoms with Crippen molar-refractivity contribution in [1.29, 1.82) is 0 Å². The second-order valence-electron chi connectivity index (χ2n) is 6.61. The summed E-state index contributed by atoms with van der Waals surface area (Å²) in [4.78, 5) is 41.3. The number of hydrogen-bond acceptors (Lipinski definition) is 3. The number of halogens is 1. The lowest BCUT2D eigenvalue weighted by Gasteiger charge is -2.25. The summed E-state index contributed by atoms with van der Waals surface area (Å²) in [5, 5.41) is 0. The summed E-state index contributed by atoms with van der Waals surface area (Å²) in [7, 11) is 0. The van der Waals surface area contributed by atoms with Gasteiger partial charge in [0.25, 0.3) is 17.7 Å². The van der Waals surface area contributed by atoms with E-state index in [0.717, 1.165) is 4.47 Å². The molecule has 0 N–H and O–H groups in total. The molecule has 144 valence electrons. The van der Waals surface area contributed by atoms with Crippen molar-refractivity contribution in [1.82, 2.24) is 4.90 Å². The summed E-state index contributed by atoms with van der Waals surface area (Å²) in [5.41, 5.74) is 2.03. The molecule has 3 aromatic carbocycles. The highest BCUT2D eigenvalue weighted by Gasteiger charge is 2.35. The zero-order valence-corrected chi connectivity index (χ0v) is 17.0. The highest BCUT2D eigenvalue weighted by Crippen LogP contribution is 2.24. The maximum absolute atomic E-state index is 13.2. The van der Waals surface area contributed by atoms with E-state index in [1.807, 2.05) is 36.4 Å². The predicted octanol–water partition coefficient (Wildman–Crippen LogP) is 4.39. The van der Waals surface area contributed by atoms with Gasteiger partial charge >= 0.3 is 0 Å². The SMILES string of the molecule is O=C1c2ccccc2C(=O)N1CCN(C(=O)c1cccc(Br)c1)c1ccccc1. The number of nitrogens with zero attached hydrogens (tertiary/aromatic N) is 2. The van der Waals surface area contributed by atoms with Crippen LogP contribution in [0.4, 0.5) is 5.69 Å². The monoisotopic (exact) mass is 448 g/mol. The van der Waals surface area contributed by atoms with Crippen LogP contribution in [-0.2, 0) is 0 Å². The molecule has 3 amide bonds. The van der Waals surface area contributed by atoms with Gasteiger partial charge in [-0.15, -0.1) is 0 Å². The van der Waals surface area contributed by atoms with Crippen LogP contribution in [0, 0.1) is 0 Å². The van der Waals surface area contributed by atoms with Gasteiger partial charge in [0, 0.05) is 28.8 Å². The van der Waals surface area contributed by atoms with Gasteiger partial charge in [-0.3, -0.25) is 19.3 Å². The van der Waals surface area contributed by atoms with E-state index in [2.05, 4.69) is 15.9 Å². The fourth-order valence-electron chi connectivity index (χ4n) is 3.38.